The molecule has 0 spiro atoms. The summed E-state index contributed by atoms with van der Waals surface area (Å²) in [5, 5.41) is 3.65. The Labute approximate surface area is 88.9 Å². The van der Waals surface area contributed by atoms with E-state index in [0.717, 1.165) is 25.0 Å². The standard InChI is InChI=1S/C12H14N2O/c13-12-9-11(15-14-12)8-4-7-10-5-2-1-3-6-10/h1-3,5-6,9H,4,7-8H2,(H2,13,14). The van der Waals surface area contributed by atoms with Crippen LogP contribution in [0.15, 0.2) is 40.9 Å². The highest BCUT2D eigenvalue weighted by atomic mass is 16.5. The summed E-state index contributed by atoms with van der Waals surface area (Å²) in [6.45, 7) is 0. The number of aromatic nitrogens is 1. The van der Waals surface area contributed by atoms with E-state index in [1.165, 1.54) is 5.56 Å². The van der Waals surface area contributed by atoms with Gasteiger partial charge in [0.2, 0.25) is 0 Å². The molecule has 2 rings (SSSR count). The number of rotatable bonds is 4. The molecule has 0 aliphatic carbocycles. The van der Waals surface area contributed by atoms with Crippen molar-refractivity contribution in [1.82, 2.24) is 5.16 Å². The molecular formula is C12H14N2O. The third-order valence-corrected chi connectivity index (χ3v) is 2.31. The molecule has 3 heteroatoms. The zero-order chi connectivity index (χ0) is 10.5. The molecule has 0 saturated heterocycles. The lowest BCUT2D eigenvalue weighted by molar-refractivity contribution is 0.383. The van der Waals surface area contributed by atoms with Gasteiger partial charge in [0.15, 0.2) is 5.82 Å². The molecule has 0 aliphatic rings. The molecule has 0 bridgehead atoms. The van der Waals surface area contributed by atoms with Crippen LogP contribution in [0.25, 0.3) is 0 Å². The summed E-state index contributed by atoms with van der Waals surface area (Å²) in [5.74, 6) is 1.33. The van der Waals surface area contributed by atoms with E-state index < -0.39 is 0 Å². The summed E-state index contributed by atoms with van der Waals surface area (Å²) in [5.41, 5.74) is 6.81. The highest BCUT2D eigenvalue weighted by molar-refractivity contribution is 5.26. The lowest BCUT2D eigenvalue weighted by Crippen LogP contribution is -1.88. The van der Waals surface area contributed by atoms with Crippen molar-refractivity contribution < 1.29 is 4.52 Å². The summed E-state index contributed by atoms with van der Waals surface area (Å²) < 4.78 is 5.03. The third-order valence-electron chi connectivity index (χ3n) is 2.31. The van der Waals surface area contributed by atoms with Crippen LogP contribution in [0.3, 0.4) is 0 Å². The van der Waals surface area contributed by atoms with Crippen molar-refractivity contribution in [3.8, 4) is 0 Å². The summed E-state index contributed by atoms with van der Waals surface area (Å²) in [6.07, 6.45) is 3.00. The summed E-state index contributed by atoms with van der Waals surface area (Å²) >= 11 is 0. The van der Waals surface area contributed by atoms with E-state index in [1.807, 2.05) is 6.07 Å². The first-order valence-electron chi connectivity index (χ1n) is 5.09. The smallest absolute Gasteiger partial charge is 0.167 e. The molecule has 2 aromatic rings. The van der Waals surface area contributed by atoms with Gasteiger partial charge in [0, 0.05) is 12.5 Å². The molecule has 1 aromatic heterocycles. The second-order valence-corrected chi connectivity index (χ2v) is 3.56. The average Bonchev–Trinajstić information content (AvgIpc) is 2.66. The predicted octanol–water partition coefficient (Wildman–Crippen LogP) is 2.43. The van der Waals surface area contributed by atoms with Crippen LogP contribution in [0, 0.1) is 0 Å². The SMILES string of the molecule is Nc1cc(CCCc2ccccc2)on1. The molecule has 0 saturated carbocycles. The second-order valence-electron chi connectivity index (χ2n) is 3.56. The molecule has 0 atom stereocenters. The Hall–Kier alpha value is -1.77. The summed E-state index contributed by atoms with van der Waals surface area (Å²) in [7, 11) is 0. The molecule has 0 amide bonds. The maximum atomic E-state index is 5.46. The molecule has 0 unspecified atom stereocenters. The number of nitrogen functional groups attached to an aromatic ring is 1. The number of nitrogens with zero attached hydrogens (tertiary/aromatic N) is 1. The van der Waals surface area contributed by atoms with Crippen LogP contribution in [-0.2, 0) is 12.8 Å². The topological polar surface area (TPSA) is 52.0 Å². The van der Waals surface area contributed by atoms with E-state index in [4.69, 9.17) is 10.3 Å². The van der Waals surface area contributed by atoms with Crippen molar-refractivity contribution in [3.63, 3.8) is 0 Å². The number of anilines is 1. The van der Waals surface area contributed by atoms with E-state index in [0.29, 0.717) is 5.82 Å². The molecule has 0 radical (unpaired) electrons. The first-order valence-corrected chi connectivity index (χ1v) is 5.09. The van der Waals surface area contributed by atoms with Gasteiger partial charge in [-0.2, -0.15) is 0 Å². The van der Waals surface area contributed by atoms with Crippen molar-refractivity contribution in [2.75, 3.05) is 5.73 Å². The molecule has 15 heavy (non-hydrogen) atoms. The fraction of sp³-hybridized carbons (Fsp3) is 0.250. The molecule has 2 N–H and O–H groups in total. The van der Waals surface area contributed by atoms with Gasteiger partial charge in [-0.15, -0.1) is 0 Å². The van der Waals surface area contributed by atoms with Gasteiger partial charge in [-0.05, 0) is 18.4 Å². The van der Waals surface area contributed by atoms with Gasteiger partial charge < -0.3 is 10.3 Å². The van der Waals surface area contributed by atoms with E-state index in [2.05, 4.69) is 29.4 Å². The van der Waals surface area contributed by atoms with Crippen LogP contribution in [0.4, 0.5) is 5.82 Å². The van der Waals surface area contributed by atoms with E-state index in [1.54, 1.807) is 6.07 Å². The maximum absolute atomic E-state index is 5.46. The minimum atomic E-state index is 0.463. The van der Waals surface area contributed by atoms with Crippen LogP contribution < -0.4 is 5.73 Å². The second kappa shape index (κ2) is 4.64. The number of aryl methyl sites for hydroxylation is 2. The van der Waals surface area contributed by atoms with Gasteiger partial charge >= 0.3 is 0 Å². The molecule has 78 valence electrons. The van der Waals surface area contributed by atoms with E-state index in [-0.39, 0.29) is 0 Å². The minimum Gasteiger partial charge on any atom is -0.381 e. The Kier molecular flexibility index (Phi) is 3.02. The van der Waals surface area contributed by atoms with Gasteiger partial charge in [0.05, 0.1) is 0 Å². The van der Waals surface area contributed by atoms with Crippen molar-refractivity contribution in [2.45, 2.75) is 19.3 Å². The summed E-state index contributed by atoms with van der Waals surface area (Å²) in [4.78, 5) is 0. The van der Waals surface area contributed by atoms with Gasteiger partial charge in [-0.25, -0.2) is 0 Å². The molecule has 0 fully saturated rings. The Bertz CT molecular complexity index is 409. The highest BCUT2D eigenvalue weighted by Gasteiger charge is 2.00. The fourth-order valence-electron chi connectivity index (χ4n) is 1.56. The Balaban J connectivity index is 1.80. The van der Waals surface area contributed by atoms with Gasteiger partial charge in [-0.1, -0.05) is 35.5 Å². The zero-order valence-electron chi connectivity index (χ0n) is 8.52. The van der Waals surface area contributed by atoms with Crippen molar-refractivity contribution in [1.29, 1.82) is 0 Å². The van der Waals surface area contributed by atoms with Gasteiger partial charge in [0.1, 0.15) is 5.76 Å². The average molecular weight is 202 g/mol. The van der Waals surface area contributed by atoms with E-state index >= 15 is 0 Å². The van der Waals surface area contributed by atoms with Crippen LogP contribution >= 0.6 is 0 Å². The number of hydrogen-bond donors (Lipinski definition) is 1. The number of hydrogen-bond acceptors (Lipinski definition) is 3. The monoisotopic (exact) mass is 202 g/mol. The lowest BCUT2D eigenvalue weighted by atomic mass is 10.1. The largest absolute Gasteiger partial charge is 0.381 e. The number of nitrogens with two attached hydrogens (primary N) is 1. The first-order chi connectivity index (χ1) is 7.34. The molecule has 1 heterocycles. The summed E-state index contributed by atoms with van der Waals surface area (Å²) in [6, 6.07) is 12.2. The highest BCUT2D eigenvalue weighted by Crippen LogP contribution is 2.10. The minimum absolute atomic E-state index is 0.463. The van der Waals surface area contributed by atoms with Crippen LogP contribution in [0.2, 0.25) is 0 Å². The van der Waals surface area contributed by atoms with Crippen LogP contribution in [-0.4, -0.2) is 5.16 Å². The van der Waals surface area contributed by atoms with Crippen molar-refractivity contribution >= 4 is 5.82 Å². The van der Waals surface area contributed by atoms with Crippen molar-refractivity contribution in [3.05, 3.63) is 47.7 Å². The third kappa shape index (κ3) is 2.84. The van der Waals surface area contributed by atoms with Gasteiger partial charge in [0.25, 0.3) is 0 Å². The van der Waals surface area contributed by atoms with E-state index in [9.17, 15) is 0 Å². The Morgan fingerprint density at radius 3 is 2.60 bits per heavy atom. The Morgan fingerprint density at radius 1 is 1.13 bits per heavy atom. The zero-order valence-corrected chi connectivity index (χ0v) is 8.52. The predicted molar refractivity (Wildman–Crippen MR) is 59.4 cm³/mol. The first kappa shape index (κ1) is 9.77. The molecule has 0 aliphatic heterocycles. The molecular weight excluding hydrogens is 188 g/mol. The van der Waals surface area contributed by atoms with Crippen LogP contribution in [0.1, 0.15) is 17.7 Å². The normalized spacial score (nSPS) is 10.4. The van der Waals surface area contributed by atoms with Crippen molar-refractivity contribution in [2.24, 2.45) is 0 Å². The number of benzene rings is 1. The van der Waals surface area contributed by atoms with Crippen LogP contribution in [0.5, 0.6) is 0 Å². The fourth-order valence-corrected chi connectivity index (χ4v) is 1.56. The lowest BCUT2D eigenvalue weighted by Gasteiger charge is -1.98. The quantitative estimate of drug-likeness (QED) is 0.828. The Morgan fingerprint density at radius 2 is 1.93 bits per heavy atom. The molecule has 1 aromatic carbocycles. The van der Waals surface area contributed by atoms with Gasteiger partial charge in [-0.3, -0.25) is 0 Å². The molecule has 3 nitrogen and oxygen atoms in total. The maximum Gasteiger partial charge on any atom is 0.167 e.